The van der Waals surface area contributed by atoms with Crippen LogP contribution in [0.5, 0.6) is 0 Å². The van der Waals surface area contributed by atoms with Gasteiger partial charge >= 0.3 is 5.97 Å². The first-order chi connectivity index (χ1) is 7.54. The zero-order chi connectivity index (χ0) is 12.6. The highest BCUT2D eigenvalue weighted by Gasteiger charge is 2.20. The lowest BCUT2D eigenvalue weighted by Crippen LogP contribution is -2.47. The molecule has 0 rings (SSSR count). The Labute approximate surface area is 96.1 Å². The summed E-state index contributed by atoms with van der Waals surface area (Å²) in [5.41, 5.74) is 11.6. The Morgan fingerprint density at radius 3 is 2.56 bits per heavy atom. The second-order valence-corrected chi connectivity index (χ2v) is 3.61. The number of carboxylic acids is 1. The van der Waals surface area contributed by atoms with Gasteiger partial charge in [-0.1, -0.05) is 6.92 Å². The summed E-state index contributed by atoms with van der Waals surface area (Å²) >= 11 is 0. The lowest BCUT2D eigenvalue weighted by molar-refractivity contribution is -0.139. The number of carbonyl (C=O) groups is 1. The Morgan fingerprint density at radius 1 is 1.56 bits per heavy atom. The molecule has 0 aromatic rings. The fraction of sp³-hybridized carbons (Fsp3) is 0.700. The molecular formula is C10H22N4O2. The van der Waals surface area contributed by atoms with Crippen LogP contribution >= 0.6 is 0 Å². The minimum Gasteiger partial charge on any atom is -0.480 e. The van der Waals surface area contributed by atoms with Gasteiger partial charge in [-0.15, -0.1) is 0 Å². The van der Waals surface area contributed by atoms with Gasteiger partial charge in [0.05, 0.1) is 0 Å². The molecule has 0 radical (unpaired) electrons. The van der Waals surface area contributed by atoms with Gasteiger partial charge < -0.3 is 27.2 Å². The highest BCUT2D eigenvalue weighted by atomic mass is 16.4. The van der Waals surface area contributed by atoms with Gasteiger partial charge in [0.2, 0.25) is 0 Å². The first kappa shape index (κ1) is 14.7. The summed E-state index contributed by atoms with van der Waals surface area (Å²) in [5.74, 6) is -0.917. The smallest absolute Gasteiger partial charge is 0.321 e. The second-order valence-electron chi connectivity index (χ2n) is 3.61. The van der Waals surface area contributed by atoms with E-state index in [0.717, 1.165) is 6.42 Å². The van der Waals surface area contributed by atoms with Crippen LogP contribution in [0, 0.1) is 0 Å². The molecular weight excluding hydrogens is 208 g/mol. The summed E-state index contributed by atoms with van der Waals surface area (Å²) in [6.07, 6.45) is 2.63. The molecule has 0 aromatic carbocycles. The van der Waals surface area contributed by atoms with Crippen LogP contribution in [-0.4, -0.2) is 36.8 Å². The van der Waals surface area contributed by atoms with Crippen molar-refractivity contribution in [2.24, 2.45) is 11.5 Å². The molecule has 2 unspecified atom stereocenters. The van der Waals surface area contributed by atoms with Crippen LogP contribution in [0.4, 0.5) is 0 Å². The van der Waals surface area contributed by atoms with E-state index in [-0.39, 0.29) is 12.5 Å². The molecule has 0 saturated carbocycles. The Balaban J connectivity index is 4.38. The van der Waals surface area contributed by atoms with Crippen molar-refractivity contribution < 1.29 is 9.90 Å². The Kier molecular flexibility index (Phi) is 7.32. The number of aliphatic carboxylic acids is 1. The Bertz CT molecular complexity index is 239. The third-order valence-electron chi connectivity index (χ3n) is 2.28. The van der Waals surface area contributed by atoms with Crippen molar-refractivity contribution >= 4 is 5.97 Å². The standard InChI is InChI=1S/C10H22N4O2/c1-3-8(5-11)14-9(10(15)16)4-7(12)6-13-2/h6,8-9,13-14H,3-5,11-12H2,1-2H3,(H,15,16)/b7-6-. The normalized spacial score (nSPS) is 15.6. The van der Waals surface area contributed by atoms with Gasteiger partial charge in [-0.2, -0.15) is 0 Å². The molecule has 94 valence electrons. The molecule has 0 spiro atoms. The van der Waals surface area contributed by atoms with Crippen LogP contribution in [0.3, 0.4) is 0 Å². The number of hydrogen-bond acceptors (Lipinski definition) is 5. The largest absolute Gasteiger partial charge is 0.480 e. The second kappa shape index (κ2) is 7.95. The topological polar surface area (TPSA) is 113 Å². The van der Waals surface area contributed by atoms with Crippen LogP contribution < -0.4 is 22.1 Å². The van der Waals surface area contributed by atoms with Crippen molar-refractivity contribution in [1.82, 2.24) is 10.6 Å². The van der Waals surface area contributed by atoms with Crippen molar-refractivity contribution in [3.8, 4) is 0 Å². The SMILES string of the molecule is CCC(CN)NC(C/C(N)=C/NC)C(=O)O. The maximum absolute atomic E-state index is 11.0. The summed E-state index contributed by atoms with van der Waals surface area (Å²) in [5, 5.41) is 14.8. The van der Waals surface area contributed by atoms with Crippen LogP contribution in [-0.2, 0) is 4.79 Å². The van der Waals surface area contributed by atoms with E-state index < -0.39 is 12.0 Å². The Morgan fingerprint density at radius 2 is 2.19 bits per heavy atom. The van der Waals surface area contributed by atoms with E-state index >= 15 is 0 Å². The third kappa shape index (κ3) is 5.57. The zero-order valence-corrected chi connectivity index (χ0v) is 9.86. The summed E-state index contributed by atoms with van der Waals surface area (Å²) in [6.45, 7) is 2.37. The predicted molar refractivity (Wildman–Crippen MR) is 63.6 cm³/mol. The zero-order valence-electron chi connectivity index (χ0n) is 9.86. The van der Waals surface area contributed by atoms with E-state index in [2.05, 4.69) is 10.6 Å². The van der Waals surface area contributed by atoms with Gasteiger partial charge in [0, 0.05) is 38.0 Å². The molecule has 0 aromatic heterocycles. The van der Waals surface area contributed by atoms with Crippen molar-refractivity contribution in [1.29, 1.82) is 0 Å². The summed E-state index contributed by atoms with van der Waals surface area (Å²) < 4.78 is 0. The molecule has 16 heavy (non-hydrogen) atoms. The van der Waals surface area contributed by atoms with E-state index in [0.29, 0.717) is 12.2 Å². The first-order valence-corrected chi connectivity index (χ1v) is 5.35. The quantitative estimate of drug-likeness (QED) is 0.372. The number of hydrogen-bond donors (Lipinski definition) is 5. The predicted octanol–water partition coefficient (Wildman–Crippen LogP) is -0.824. The monoisotopic (exact) mass is 230 g/mol. The van der Waals surface area contributed by atoms with Crippen LogP contribution in [0.15, 0.2) is 11.9 Å². The van der Waals surface area contributed by atoms with Crippen molar-refractivity contribution in [3.63, 3.8) is 0 Å². The number of rotatable bonds is 8. The van der Waals surface area contributed by atoms with E-state index in [4.69, 9.17) is 16.6 Å². The molecule has 0 saturated heterocycles. The third-order valence-corrected chi connectivity index (χ3v) is 2.28. The van der Waals surface area contributed by atoms with Crippen molar-refractivity contribution in [2.45, 2.75) is 31.8 Å². The van der Waals surface area contributed by atoms with Gasteiger partial charge in [-0.25, -0.2) is 0 Å². The fourth-order valence-corrected chi connectivity index (χ4v) is 1.33. The molecule has 0 aliphatic heterocycles. The summed E-state index contributed by atoms with van der Waals surface area (Å²) in [4.78, 5) is 11.0. The molecule has 2 atom stereocenters. The fourth-order valence-electron chi connectivity index (χ4n) is 1.33. The minimum absolute atomic E-state index is 0.00323. The highest BCUT2D eigenvalue weighted by molar-refractivity contribution is 5.73. The lowest BCUT2D eigenvalue weighted by atomic mass is 10.1. The molecule has 6 nitrogen and oxygen atoms in total. The van der Waals surface area contributed by atoms with Gasteiger partial charge in [-0.05, 0) is 6.42 Å². The average Bonchev–Trinajstić information content (AvgIpc) is 2.24. The van der Waals surface area contributed by atoms with Crippen LogP contribution in [0.1, 0.15) is 19.8 Å². The highest BCUT2D eigenvalue weighted by Crippen LogP contribution is 2.02. The van der Waals surface area contributed by atoms with E-state index in [1.54, 1.807) is 13.2 Å². The number of nitrogens with two attached hydrogens (primary N) is 2. The van der Waals surface area contributed by atoms with E-state index in [9.17, 15) is 4.79 Å². The number of nitrogens with one attached hydrogen (secondary N) is 2. The molecule has 0 fully saturated rings. The first-order valence-electron chi connectivity index (χ1n) is 5.35. The molecule has 7 N–H and O–H groups in total. The maximum atomic E-state index is 11.0. The molecule has 0 bridgehead atoms. The molecule has 0 amide bonds. The molecule has 0 heterocycles. The Hall–Kier alpha value is -1.27. The van der Waals surface area contributed by atoms with Crippen LogP contribution in [0.2, 0.25) is 0 Å². The molecule has 6 heteroatoms. The minimum atomic E-state index is -0.917. The van der Waals surface area contributed by atoms with Gasteiger partial charge in [0.25, 0.3) is 0 Å². The number of carboxylic acid groups (broad SMARTS) is 1. The van der Waals surface area contributed by atoms with Gasteiger partial charge in [-0.3, -0.25) is 4.79 Å². The molecule has 0 aliphatic rings. The van der Waals surface area contributed by atoms with Gasteiger partial charge in [0.15, 0.2) is 0 Å². The van der Waals surface area contributed by atoms with Crippen molar-refractivity contribution in [2.75, 3.05) is 13.6 Å². The van der Waals surface area contributed by atoms with Gasteiger partial charge in [0.1, 0.15) is 6.04 Å². The van der Waals surface area contributed by atoms with Crippen molar-refractivity contribution in [3.05, 3.63) is 11.9 Å². The average molecular weight is 230 g/mol. The lowest BCUT2D eigenvalue weighted by Gasteiger charge is -2.21. The maximum Gasteiger partial charge on any atom is 0.321 e. The van der Waals surface area contributed by atoms with E-state index in [1.165, 1.54) is 0 Å². The summed E-state index contributed by atoms with van der Waals surface area (Å²) in [6, 6.07) is -0.693. The molecule has 0 aliphatic carbocycles. The van der Waals surface area contributed by atoms with Crippen LogP contribution in [0.25, 0.3) is 0 Å². The summed E-state index contributed by atoms with van der Waals surface area (Å²) in [7, 11) is 1.71. The van der Waals surface area contributed by atoms with E-state index in [1.807, 2.05) is 6.92 Å².